The van der Waals surface area contributed by atoms with Crippen LogP contribution in [0.5, 0.6) is 11.5 Å². The van der Waals surface area contributed by atoms with Crippen LogP contribution in [0.3, 0.4) is 0 Å². The molecule has 2 aromatic heterocycles. The maximum Gasteiger partial charge on any atom is 0.210 e. The molecule has 0 aliphatic carbocycles. The van der Waals surface area contributed by atoms with Crippen LogP contribution in [0.25, 0.3) is 20.4 Å². The molecule has 190 valence electrons. The van der Waals surface area contributed by atoms with E-state index in [1.807, 2.05) is 36.4 Å². The molecule has 0 saturated carbocycles. The molecule has 0 spiro atoms. The van der Waals surface area contributed by atoms with Crippen molar-refractivity contribution in [3.05, 3.63) is 106 Å². The SMILES string of the molecule is Oc1ccccc1C=Nc1nc2ccc(Cl)cc2s1.Oc1ccccc1C=Nc1nc2ccc(Cl)cc2s1.[Zn]. The Kier molecular flexibility index (Phi) is 9.78. The number of phenols is 2. The molecule has 39 heavy (non-hydrogen) atoms. The third-order valence-corrected chi connectivity index (χ3v) is 7.50. The molecule has 0 radical (unpaired) electrons. The van der Waals surface area contributed by atoms with Crippen molar-refractivity contribution in [2.45, 2.75) is 0 Å². The van der Waals surface area contributed by atoms with Crippen molar-refractivity contribution >= 4 is 89.0 Å². The molecule has 11 heteroatoms. The molecular formula is C28H18Cl2N4O2S2Zn. The zero-order valence-electron chi connectivity index (χ0n) is 20.2. The summed E-state index contributed by atoms with van der Waals surface area (Å²) in [5.74, 6) is 0.408. The zero-order valence-corrected chi connectivity index (χ0v) is 26.3. The predicted octanol–water partition coefficient (Wildman–Crippen LogP) is 8.81. The first-order valence-electron chi connectivity index (χ1n) is 11.2. The largest absolute Gasteiger partial charge is 0.507 e. The molecule has 2 heterocycles. The first-order chi connectivity index (χ1) is 18.4. The summed E-state index contributed by atoms with van der Waals surface area (Å²) in [6.07, 6.45) is 3.21. The predicted molar refractivity (Wildman–Crippen MR) is 160 cm³/mol. The number of nitrogens with zero attached hydrogens (tertiary/aromatic N) is 4. The van der Waals surface area contributed by atoms with Gasteiger partial charge in [-0.2, -0.15) is 0 Å². The van der Waals surface area contributed by atoms with Gasteiger partial charge in [0.25, 0.3) is 0 Å². The van der Waals surface area contributed by atoms with E-state index >= 15 is 0 Å². The van der Waals surface area contributed by atoms with Gasteiger partial charge in [0, 0.05) is 53.1 Å². The summed E-state index contributed by atoms with van der Waals surface area (Å²) in [6, 6.07) is 25.2. The minimum atomic E-state index is 0. The van der Waals surface area contributed by atoms with E-state index in [2.05, 4.69) is 20.0 Å². The number of hydrogen-bond acceptors (Lipinski definition) is 8. The van der Waals surface area contributed by atoms with Gasteiger partial charge in [0.2, 0.25) is 10.3 Å². The third-order valence-electron chi connectivity index (χ3n) is 5.18. The van der Waals surface area contributed by atoms with Crippen molar-refractivity contribution in [1.29, 1.82) is 0 Å². The van der Waals surface area contributed by atoms with Crippen LogP contribution in [-0.4, -0.2) is 32.6 Å². The fraction of sp³-hybridized carbons (Fsp3) is 0. The summed E-state index contributed by atoms with van der Waals surface area (Å²) in [6.45, 7) is 0. The van der Waals surface area contributed by atoms with E-state index in [1.165, 1.54) is 22.7 Å². The number of benzene rings is 4. The quantitative estimate of drug-likeness (QED) is 0.149. The van der Waals surface area contributed by atoms with Crippen molar-refractivity contribution in [2.24, 2.45) is 9.98 Å². The molecular weight excluding hydrogens is 625 g/mol. The number of fused-ring (bicyclic) bond motifs is 2. The molecule has 2 N–H and O–H groups in total. The Morgan fingerprint density at radius 2 is 1.03 bits per heavy atom. The summed E-state index contributed by atoms with van der Waals surface area (Å²) in [5.41, 5.74) is 3.08. The summed E-state index contributed by atoms with van der Waals surface area (Å²) in [4.78, 5) is 17.3. The van der Waals surface area contributed by atoms with Gasteiger partial charge in [0.15, 0.2) is 0 Å². The van der Waals surface area contributed by atoms with Crippen LogP contribution in [0.1, 0.15) is 11.1 Å². The van der Waals surface area contributed by atoms with Crippen molar-refractivity contribution < 1.29 is 29.7 Å². The fourth-order valence-corrected chi connectivity index (χ4v) is 5.50. The summed E-state index contributed by atoms with van der Waals surface area (Å²) >= 11 is 14.8. The number of rotatable bonds is 4. The second-order valence-electron chi connectivity index (χ2n) is 7.85. The summed E-state index contributed by atoms with van der Waals surface area (Å²) < 4.78 is 1.99. The van der Waals surface area contributed by atoms with Crippen LogP contribution in [0.4, 0.5) is 10.3 Å². The number of aromatic hydroxyl groups is 2. The van der Waals surface area contributed by atoms with Crippen LogP contribution in [0.15, 0.2) is 94.9 Å². The molecule has 0 aliphatic heterocycles. The minimum absolute atomic E-state index is 0. The Hall–Kier alpha value is -3.20. The van der Waals surface area contributed by atoms with Crippen LogP contribution >= 0.6 is 45.9 Å². The Balaban J connectivity index is 0.000000176. The Morgan fingerprint density at radius 3 is 1.44 bits per heavy atom. The van der Waals surface area contributed by atoms with Crippen molar-refractivity contribution in [1.82, 2.24) is 9.97 Å². The van der Waals surface area contributed by atoms with E-state index in [0.717, 1.165) is 20.4 Å². The van der Waals surface area contributed by atoms with Gasteiger partial charge in [-0.05, 0) is 60.7 Å². The van der Waals surface area contributed by atoms with Crippen LogP contribution < -0.4 is 0 Å². The van der Waals surface area contributed by atoms with Crippen molar-refractivity contribution in [3.8, 4) is 11.5 Å². The Labute approximate surface area is 254 Å². The standard InChI is InChI=1S/2C14H9ClN2OS.Zn/c2*15-10-5-6-11-13(7-10)19-14(17-11)16-8-9-3-1-2-4-12(9)18;/h2*1-8,18H;. The maximum atomic E-state index is 9.64. The number of para-hydroxylation sites is 2. The van der Waals surface area contributed by atoms with E-state index in [4.69, 9.17) is 23.2 Å². The number of thiazole rings is 2. The molecule has 0 bridgehead atoms. The van der Waals surface area contributed by atoms with Crippen molar-refractivity contribution in [2.75, 3.05) is 0 Å². The molecule has 6 nitrogen and oxygen atoms in total. The molecule has 4 aromatic carbocycles. The topological polar surface area (TPSA) is 91.0 Å². The van der Waals surface area contributed by atoms with Gasteiger partial charge in [-0.1, -0.05) is 70.1 Å². The van der Waals surface area contributed by atoms with E-state index in [-0.39, 0.29) is 31.0 Å². The second-order valence-corrected chi connectivity index (χ2v) is 10.7. The van der Waals surface area contributed by atoms with E-state index < -0.39 is 0 Å². The first kappa shape index (κ1) is 28.8. The number of aromatic nitrogens is 2. The fourth-order valence-electron chi connectivity index (χ4n) is 3.33. The monoisotopic (exact) mass is 640 g/mol. The number of aliphatic imine (C=N–C) groups is 2. The van der Waals surface area contributed by atoms with E-state index in [0.29, 0.717) is 31.4 Å². The number of hydrogen-bond donors (Lipinski definition) is 2. The average molecular weight is 643 g/mol. The first-order valence-corrected chi connectivity index (χ1v) is 13.6. The van der Waals surface area contributed by atoms with Gasteiger partial charge < -0.3 is 10.2 Å². The summed E-state index contributed by atoms with van der Waals surface area (Å²) in [7, 11) is 0. The van der Waals surface area contributed by atoms with Crippen LogP contribution in [0, 0.1) is 0 Å². The third kappa shape index (κ3) is 7.47. The van der Waals surface area contributed by atoms with E-state index in [9.17, 15) is 10.2 Å². The minimum Gasteiger partial charge on any atom is -0.507 e. The van der Waals surface area contributed by atoms with Crippen LogP contribution in [0.2, 0.25) is 10.0 Å². The van der Waals surface area contributed by atoms with Gasteiger partial charge in [-0.3, -0.25) is 0 Å². The van der Waals surface area contributed by atoms with Crippen molar-refractivity contribution in [3.63, 3.8) is 0 Å². The van der Waals surface area contributed by atoms with Gasteiger partial charge in [-0.25, -0.2) is 20.0 Å². The van der Waals surface area contributed by atoms with Crippen LogP contribution in [-0.2, 0) is 19.5 Å². The smallest absolute Gasteiger partial charge is 0.210 e. The van der Waals surface area contributed by atoms with Gasteiger partial charge in [0.05, 0.1) is 20.4 Å². The molecule has 0 saturated heterocycles. The normalized spacial score (nSPS) is 11.1. The molecule has 0 amide bonds. The number of halogens is 2. The molecule has 6 rings (SSSR count). The molecule has 0 aliphatic rings. The molecule has 0 fully saturated rings. The van der Waals surface area contributed by atoms with Gasteiger partial charge in [-0.15, -0.1) is 0 Å². The maximum absolute atomic E-state index is 9.64. The molecule has 0 unspecified atom stereocenters. The molecule has 6 aromatic rings. The number of phenolic OH excluding ortho intramolecular Hbond substituents is 2. The van der Waals surface area contributed by atoms with Gasteiger partial charge in [0.1, 0.15) is 11.5 Å². The molecule has 0 atom stereocenters. The zero-order chi connectivity index (χ0) is 26.5. The van der Waals surface area contributed by atoms with E-state index in [1.54, 1.807) is 61.0 Å². The van der Waals surface area contributed by atoms with Gasteiger partial charge >= 0.3 is 0 Å². The average Bonchev–Trinajstić information content (AvgIpc) is 3.50. The Morgan fingerprint density at radius 1 is 0.615 bits per heavy atom. The Bertz CT molecular complexity index is 1670. The second kappa shape index (κ2) is 13.2. The summed E-state index contributed by atoms with van der Waals surface area (Å²) in [5, 5.41) is 21.9.